The summed E-state index contributed by atoms with van der Waals surface area (Å²) in [7, 11) is 1.31. The summed E-state index contributed by atoms with van der Waals surface area (Å²) in [6, 6.07) is 2.12. The van der Waals surface area contributed by atoms with Crippen LogP contribution in [-0.4, -0.2) is 40.8 Å². The average Bonchev–Trinajstić information content (AvgIpc) is 2.33. The lowest BCUT2D eigenvalue weighted by Crippen LogP contribution is -2.39. The highest BCUT2D eigenvalue weighted by atomic mass is 32.2. The van der Waals surface area contributed by atoms with E-state index in [2.05, 4.69) is 28.2 Å². The first kappa shape index (κ1) is 13.5. The molecule has 0 spiro atoms. The van der Waals surface area contributed by atoms with Crippen molar-refractivity contribution in [1.82, 2.24) is 10.3 Å². The van der Waals surface area contributed by atoms with Crippen molar-refractivity contribution in [3.63, 3.8) is 0 Å². The molecule has 0 atom stereocenters. The fourth-order valence-corrected chi connectivity index (χ4v) is 3.40. The Hall–Kier alpha value is -0.940. The highest BCUT2D eigenvalue weighted by Crippen LogP contribution is 2.23. The van der Waals surface area contributed by atoms with Crippen LogP contribution in [-0.2, 0) is 17.3 Å². The van der Waals surface area contributed by atoms with E-state index in [1.54, 1.807) is 0 Å². The molecule has 0 aliphatic carbocycles. The molecule has 0 bridgehead atoms. The molecule has 0 radical (unpaired) electrons. The van der Waals surface area contributed by atoms with Gasteiger partial charge >= 0.3 is 0 Å². The van der Waals surface area contributed by atoms with Crippen LogP contribution in [0.4, 0.5) is 5.82 Å². The Morgan fingerprint density at radius 2 is 2.06 bits per heavy atom. The van der Waals surface area contributed by atoms with Gasteiger partial charge in [0.05, 0.1) is 0 Å². The van der Waals surface area contributed by atoms with E-state index >= 15 is 0 Å². The van der Waals surface area contributed by atoms with Crippen LogP contribution >= 0.6 is 0 Å². The molecular weight excluding hydrogens is 246 g/mol. The molecule has 1 aromatic heterocycles. The fraction of sp³-hybridized carbons (Fsp3) is 0.615. The molecule has 1 aromatic rings. The van der Waals surface area contributed by atoms with Gasteiger partial charge in [0.2, 0.25) is 0 Å². The summed E-state index contributed by atoms with van der Waals surface area (Å²) >= 11 is 0. The summed E-state index contributed by atoms with van der Waals surface area (Å²) in [5.74, 6) is 2.58. The van der Waals surface area contributed by atoms with Gasteiger partial charge in [0.25, 0.3) is 0 Å². The van der Waals surface area contributed by atoms with Crippen molar-refractivity contribution in [2.75, 3.05) is 36.5 Å². The van der Waals surface area contributed by atoms with Crippen molar-refractivity contribution in [3.05, 3.63) is 22.9 Å². The zero-order valence-corrected chi connectivity index (χ0v) is 12.1. The van der Waals surface area contributed by atoms with Gasteiger partial charge in [-0.25, -0.2) is 4.98 Å². The SMILES string of the molecule is CNCc1c(C)cc(C)nc1N1CCS(=O)CC1. The van der Waals surface area contributed by atoms with E-state index in [1.807, 2.05) is 14.0 Å². The molecule has 1 aliphatic rings. The topological polar surface area (TPSA) is 45.2 Å². The molecule has 0 amide bonds. The van der Waals surface area contributed by atoms with Gasteiger partial charge in [-0.05, 0) is 32.5 Å². The summed E-state index contributed by atoms with van der Waals surface area (Å²) in [6.07, 6.45) is 0. The van der Waals surface area contributed by atoms with E-state index in [1.165, 1.54) is 11.1 Å². The highest BCUT2D eigenvalue weighted by Gasteiger charge is 2.20. The van der Waals surface area contributed by atoms with E-state index in [9.17, 15) is 4.21 Å². The third-order valence-corrected chi connectivity index (χ3v) is 4.56. The predicted octanol–water partition coefficient (Wildman–Crippen LogP) is 0.987. The molecule has 2 heterocycles. The molecule has 0 saturated carbocycles. The number of rotatable bonds is 3. The maximum atomic E-state index is 11.4. The van der Waals surface area contributed by atoms with Gasteiger partial charge < -0.3 is 10.2 Å². The van der Waals surface area contributed by atoms with Crippen molar-refractivity contribution in [2.45, 2.75) is 20.4 Å². The second-order valence-electron chi connectivity index (χ2n) is 4.75. The number of hydrogen-bond donors (Lipinski definition) is 1. The maximum absolute atomic E-state index is 11.4. The Balaban J connectivity index is 2.32. The number of pyridine rings is 1. The number of hydrogen-bond acceptors (Lipinski definition) is 4. The van der Waals surface area contributed by atoms with Crippen molar-refractivity contribution in [3.8, 4) is 0 Å². The van der Waals surface area contributed by atoms with E-state index in [-0.39, 0.29) is 0 Å². The zero-order valence-electron chi connectivity index (χ0n) is 11.3. The van der Waals surface area contributed by atoms with E-state index in [4.69, 9.17) is 0 Å². The van der Waals surface area contributed by atoms with E-state index in [0.717, 1.165) is 42.7 Å². The van der Waals surface area contributed by atoms with E-state index < -0.39 is 10.8 Å². The van der Waals surface area contributed by atoms with Gasteiger partial charge in [0.1, 0.15) is 5.82 Å². The summed E-state index contributed by atoms with van der Waals surface area (Å²) in [6.45, 7) is 6.68. The van der Waals surface area contributed by atoms with Gasteiger partial charge in [-0.2, -0.15) is 0 Å². The summed E-state index contributed by atoms with van der Waals surface area (Å²) in [5, 5.41) is 3.21. The minimum absolute atomic E-state index is 0.641. The summed E-state index contributed by atoms with van der Waals surface area (Å²) in [4.78, 5) is 6.96. The Morgan fingerprint density at radius 3 is 2.67 bits per heavy atom. The van der Waals surface area contributed by atoms with Crippen LogP contribution < -0.4 is 10.2 Å². The molecule has 1 N–H and O–H groups in total. The third-order valence-electron chi connectivity index (χ3n) is 3.28. The largest absolute Gasteiger partial charge is 0.354 e. The predicted molar refractivity (Wildman–Crippen MR) is 76.6 cm³/mol. The van der Waals surface area contributed by atoms with Crippen LogP contribution in [0.5, 0.6) is 0 Å². The van der Waals surface area contributed by atoms with E-state index in [0.29, 0.717) is 0 Å². The van der Waals surface area contributed by atoms with Crippen LogP contribution in [0.3, 0.4) is 0 Å². The normalized spacial score (nSPS) is 17.2. The van der Waals surface area contributed by atoms with Crippen LogP contribution in [0, 0.1) is 13.8 Å². The quantitative estimate of drug-likeness (QED) is 0.887. The third kappa shape index (κ3) is 2.90. The summed E-state index contributed by atoms with van der Waals surface area (Å²) in [5.41, 5.74) is 3.59. The van der Waals surface area contributed by atoms with Crippen LogP contribution in [0.15, 0.2) is 6.07 Å². The standard InChI is InChI=1S/C13H21N3OS/c1-10-8-11(2)15-13(12(10)9-14-3)16-4-6-18(17)7-5-16/h8,14H,4-7,9H2,1-3H3. The number of nitrogens with zero attached hydrogens (tertiary/aromatic N) is 2. The lowest BCUT2D eigenvalue weighted by Gasteiger charge is -2.30. The van der Waals surface area contributed by atoms with Gasteiger partial charge in [0, 0.05) is 53.2 Å². The number of nitrogens with one attached hydrogen (secondary N) is 1. The zero-order chi connectivity index (χ0) is 13.1. The lowest BCUT2D eigenvalue weighted by molar-refractivity contribution is 0.671. The average molecular weight is 267 g/mol. The van der Waals surface area contributed by atoms with Crippen molar-refractivity contribution in [2.24, 2.45) is 0 Å². The number of aromatic nitrogens is 1. The molecule has 2 rings (SSSR count). The van der Waals surface area contributed by atoms with Gasteiger partial charge in [0.15, 0.2) is 0 Å². The highest BCUT2D eigenvalue weighted by molar-refractivity contribution is 7.85. The second kappa shape index (κ2) is 5.80. The first-order valence-electron chi connectivity index (χ1n) is 6.33. The minimum atomic E-state index is -0.641. The van der Waals surface area contributed by atoms with Crippen molar-refractivity contribution >= 4 is 16.6 Å². The van der Waals surface area contributed by atoms with Crippen LogP contribution in [0.1, 0.15) is 16.8 Å². The fourth-order valence-electron chi connectivity index (χ4n) is 2.35. The molecule has 4 nitrogen and oxygen atoms in total. The Kier molecular flexibility index (Phi) is 4.35. The maximum Gasteiger partial charge on any atom is 0.133 e. The molecule has 100 valence electrons. The minimum Gasteiger partial charge on any atom is -0.354 e. The number of anilines is 1. The monoisotopic (exact) mass is 267 g/mol. The van der Waals surface area contributed by atoms with Gasteiger partial charge in [-0.15, -0.1) is 0 Å². The first-order chi connectivity index (χ1) is 8.61. The molecule has 1 saturated heterocycles. The molecule has 0 aromatic carbocycles. The smallest absolute Gasteiger partial charge is 0.133 e. The van der Waals surface area contributed by atoms with Gasteiger partial charge in [-0.1, -0.05) is 0 Å². The van der Waals surface area contributed by atoms with Crippen LogP contribution in [0.2, 0.25) is 0 Å². The van der Waals surface area contributed by atoms with Gasteiger partial charge in [-0.3, -0.25) is 4.21 Å². The second-order valence-corrected chi connectivity index (χ2v) is 6.44. The molecule has 18 heavy (non-hydrogen) atoms. The van der Waals surface area contributed by atoms with Crippen LogP contribution in [0.25, 0.3) is 0 Å². The van der Waals surface area contributed by atoms with Crippen molar-refractivity contribution < 1.29 is 4.21 Å². The first-order valence-corrected chi connectivity index (χ1v) is 7.82. The van der Waals surface area contributed by atoms with Crippen molar-refractivity contribution in [1.29, 1.82) is 0 Å². The molecular formula is C13H21N3OS. The molecule has 0 unspecified atom stereocenters. The molecule has 1 aliphatic heterocycles. The molecule has 5 heteroatoms. The Bertz CT molecular complexity index is 452. The lowest BCUT2D eigenvalue weighted by atomic mass is 10.1. The molecule has 1 fully saturated rings. The Labute approximate surface area is 111 Å². The number of aryl methyl sites for hydroxylation is 2. The summed E-state index contributed by atoms with van der Waals surface area (Å²) < 4.78 is 11.4. The Morgan fingerprint density at radius 1 is 1.39 bits per heavy atom.